The lowest BCUT2D eigenvalue weighted by atomic mass is 10.0. The Balaban J connectivity index is 1.96. The molecular weight excluding hydrogens is 257 g/mol. The van der Waals surface area contributed by atoms with Crippen LogP contribution in [0.3, 0.4) is 0 Å². The highest BCUT2D eigenvalue weighted by atomic mass is 32.2. The van der Waals surface area contributed by atoms with Gasteiger partial charge in [-0.25, -0.2) is 4.39 Å². The van der Waals surface area contributed by atoms with Crippen LogP contribution in [0, 0.1) is 12.7 Å². The van der Waals surface area contributed by atoms with Crippen LogP contribution in [0.25, 0.3) is 0 Å². The molecule has 0 amide bonds. The van der Waals surface area contributed by atoms with Gasteiger partial charge in [-0.15, -0.1) is 0 Å². The Hall–Kier alpha value is -0.540. The summed E-state index contributed by atoms with van der Waals surface area (Å²) in [6, 6.07) is 5.76. The Morgan fingerprint density at radius 1 is 1.37 bits per heavy atom. The first-order chi connectivity index (χ1) is 9.06. The summed E-state index contributed by atoms with van der Waals surface area (Å²) < 4.78 is 14.0. The van der Waals surface area contributed by atoms with Gasteiger partial charge in [0.05, 0.1) is 0 Å². The van der Waals surface area contributed by atoms with E-state index >= 15 is 0 Å². The molecule has 1 aromatic carbocycles. The molecule has 1 nitrogen and oxygen atoms in total. The van der Waals surface area contributed by atoms with Gasteiger partial charge in [0.2, 0.25) is 0 Å². The molecule has 19 heavy (non-hydrogen) atoms. The van der Waals surface area contributed by atoms with Gasteiger partial charge >= 0.3 is 0 Å². The minimum atomic E-state index is -0.105. The molecule has 0 heterocycles. The largest absolute Gasteiger partial charge is 0.309 e. The maximum Gasteiger partial charge on any atom is 0.126 e. The van der Waals surface area contributed by atoms with Crippen LogP contribution in [-0.4, -0.2) is 17.5 Å². The van der Waals surface area contributed by atoms with Crippen molar-refractivity contribution in [1.82, 2.24) is 5.32 Å². The van der Waals surface area contributed by atoms with Gasteiger partial charge in [0.1, 0.15) is 5.82 Å². The van der Waals surface area contributed by atoms with E-state index in [4.69, 9.17) is 0 Å². The Kier molecular flexibility index (Phi) is 4.91. The van der Waals surface area contributed by atoms with E-state index in [1.807, 2.05) is 23.9 Å². The lowest BCUT2D eigenvalue weighted by molar-refractivity contribution is 0.484. The minimum absolute atomic E-state index is 0.105. The second kappa shape index (κ2) is 6.27. The van der Waals surface area contributed by atoms with Crippen molar-refractivity contribution >= 4 is 11.8 Å². The number of thioether (sulfide) groups is 1. The third-order valence-corrected chi connectivity index (χ3v) is 5.79. The fraction of sp³-hybridized carbons (Fsp3) is 0.625. The molecule has 1 saturated carbocycles. The normalized spacial score (nSPS) is 19.6. The van der Waals surface area contributed by atoms with Crippen molar-refractivity contribution in [2.75, 3.05) is 12.8 Å². The third kappa shape index (κ3) is 3.51. The van der Waals surface area contributed by atoms with Crippen LogP contribution in [-0.2, 0) is 0 Å². The van der Waals surface area contributed by atoms with Gasteiger partial charge in [-0.05, 0) is 50.1 Å². The van der Waals surface area contributed by atoms with Crippen molar-refractivity contribution in [1.29, 1.82) is 0 Å². The zero-order valence-electron chi connectivity index (χ0n) is 12.1. The van der Waals surface area contributed by atoms with E-state index in [9.17, 15) is 4.39 Å². The molecule has 1 unspecified atom stereocenters. The maximum absolute atomic E-state index is 13.6. The molecule has 1 aliphatic carbocycles. The summed E-state index contributed by atoms with van der Waals surface area (Å²) in [5.74, 6) is -0.105. The molecule has 3 heteroatoms. The lowest BCUT2D eigenvalue weighted by Gasteiger charge is -2.29. The zero-order valence-corrected chi connectivity index (χ0v) is 12.9. The maximum atomic E-state index is 13.6. The predicted octanol–water partition coefficient (Wildman–Crippen LogP) is 4.46. The highest BCUT2D eigenvalue weighted by Gasteiger charge is 2.32. The quantitative estimate of drug-likeness (QED) is 0.855. The summed E-state index contributed by atoms with van der Waals surface area (Å²) in [4.78, 5) is 0. The van der Waals surface area contributed by atoms with Crippen molar-refractivity contribution in [3.05, 3.63) is 35.1 Å². The highest BCUT2D eigenvalue weighted by molar-refractivity contribution is 8.00. The molecule has 1 aliphatic rings. The lowest BCUT2D eigenvalue weighted by Crippen LogP contribution is -2.36. The first-order valence-electron chi connectivity index (χ1n) is 7.11. The van der Waals surface area contributed by atoms with Gasteiger partial charge in [0.15, 0.2) is 0 Å². The Morgan fingerprint density at radius 2 is 2.05 bits per heavy atom. The van der Waals surface area contributed by atoms with E-state index in [1.54, 1.807) is 13.0 Å². The first-order valence-corrected chi connectivity index (χ1v) is 8.33. The molecule has 1 atom stereocenters. The zero-order chi connectivity index (χ0) is 13.9. The second-order valence-corrected chi connectivity index (χ2v) is 6.98. The first kappa shape index (κ1) is 14.9. The van der Waals surface area contributed by atoms with E-state index < -0.39 is 0 Å². The van der Waals surface area contributed by atoms with Crippen LogP contribution >= 0.6 is 11.8 Å². The molecule has 0 bridgehead atoms. The van der Waals surface area contributed by atoms with Crippen molar-refractivity contribution < 1.29 is 4.39 Å². The number of hydrogen-bond donors (Lipinski definition) is 1. The molecule has 0 aliphatic heterocycles. The average molecular weight is 281 g/mol. The van der Waals surface area contributed by atoms with Crippen LogP contribution in [0.15, 0.2) is 18.2 Å². The number of benzene rings is 1. The van der Waals surface area contributed by atoms with Crippen molar-refractivity contribution in [2.24, 2.45) is 0 Å². The fourth-order valence-electron chi connectivity index (χ4n) is 2.81. The molecule has 1 fully saturated rings. The Bertz CT molecular complexity index is 427. The summed E-state index contributed by atoms with van der Waals surface area (Å²) in [5, 5.41) is 3.59. The van der Waals surface area contributed by atoms with Crippen molar-refractivity contribution in [3.8, 4) is 0 Å². The summed E-state index contributed by atoms with van der Waals surface area (Å²) in [7, 11) is 0. The average Bonchev–Trinajstić information content (AvgIpc) is 2.89. The number of nitrogens with one attached hydrogen (secondary N) is 1. The second-order valence-electron chi connectivity index (χ2n) is 5.71. The van der Waals surface area contributed by atoms with Gasteiger partial charge in [-0.1, -0.05) is 25.0 Å². The summed E-state index contributed by atoms with van der Waals surface area (Å²) in [6.45, 7) is 4.94. The number of aryl methyl sites for hydroxylation is 1. The SMILES string of the molecule is CSC1(CNC(C)c2ccc(C)c(F)c2)CCCC1. The fourth-order valence-corrected chi connectivity index (χ4v) is 3.73. The van der Waals surface area contributed by atoms with Crippen LogP contribution in [0.2, 0.25) is 0 Å². The molecule has 106 valence electrons. The van der Waals surface area contributed by atoms with Gasteiger partial charge in [-0.2, -0.15) is 11.8 Å². The molecule has 0 saturated heterocycles. The number of halogens is 1. The van der Waals surface area contributed by atoms with E-state index in [2.05, 4.69) is 18.5 Å². The molecular formula is C16H24FNS. The van der Waals surface area contributed by atoms with Gasteiger partial charge < -0.3 is 5.32 Å². The molecule has 1 aromatic rings. The monoisotopic (exact) mass is 281 g/mol. The minimum Gasteiger partial charge on any atom is -0.309 e. The number of rotatable bonds is 5. The van der Waals surface area contributed by atoms with E-state index in [-0.39, 0.29) is 11.9 Å². The van der Waals surface area contributed by atoms with Gasteiger partial charge in [-0.3, -0.25) is 0 Å². The third-order valence-electron chi connectivity index (χ3n) is 4.37. The predicted molar refractivity (Wildman–Crippen MR) is 82.3 cm³/mol. The van der Waals surface area contributed by atoms with Gasteiger partial charge in [0.25, 0.3) is 0 Å². The molecule has 0 aromatic heterocycles. The van der Waals surface area contributed by atoms with Crippen LogP contribution < -0.4 is 5.32 Å². The molecule has 0 spiro atoms. The highest BCUT2D eigenvalue weighted by Crippen LogP contribution is 2.40. The summed E-state index contributed by atoms with van der Waals surface area (Å²) in [5.41, 5.74) is 1.75. The van der Waals surface area contributed by atoms with Crippen LogP contribution in [0.4, 0.5) is 4.39 Å². The Morgan fingerprint density at radius 3 is 2.63 bits per heavy atom. The molecule has 1 N–H and O–H groups in total. The topological polar surface area (TPSA) is 12.0 Å². The van der Waals surface area contributed by atoms with E-state index in [0.717, 1.165) is 12.1 Å². The number of hydrogen-bond acceptors (Lipinski definition) is 2. The summed E-state index contributed by atoms with van der Waals surface area (Å²) in [6.07, 6.45) is 7.50. The van der Waals surface area contributed by atoms with Crippen molar-refractivity contribution in [2.45, 2.75) is 50.3 Å². The standard InChI is InChI=1S/C16H24FNS/c1-12-6-7-14(10-15(12)17)13(2)18-11-16(19-3)8-4-5-9-16/h6-7,10,13,18H,4-5,8-9,11H2,1-3H3. The summed E-state index contributed by atoms with van der Waals surface area (Å²) >= 11 is 1.99. The smallest absolute Gasteiger partial charge is 0.126 e. The Labute approximate surface area is 120 Å². The molecule has 2 rings (SSSR count). The van der Waals surface area contributed by atoms with Crippen LogP contribution in [0.5, 0.6) is 0 Å². The molecule has 0 radical (unpaired) electrons. The van der Waals surface area contributed by atoms with E-state index in [0.29, 0.717) is 10.3 Å². The van der Waals surface area contributed by atoms with Gasteiger partial charge in [0, 0.05) is 17.3 Å². The van der Waals surface area contributed by atoms with Crippen molar-refractivity contribution in [3.63, 3.8) is 0 Å². The van der Waals surface area contributed by atoms with E-state index in [1.165, 1.54) is 25.7 Å². The van der Waals surface area contributed by atoms with Crippen LogP contribution in [0.1, 0.15) is 49.8 Å².